The van der Waals surface area contributed by atoms with Crippen LogP contribution in [0.25, 0.3) is 10.4 Å². The van der Waals surface area contributed by atoms with Crippen molar-refractivity contribution >= 4 is 35.2 Å². The van der Waals surface area contributed by atoms with Gasteiger partial charge in [-0.05, 0) is 64.0 Å². The third kappa shape index (κ3) is 9.76. The molecule has 1 aromatic carbocycles. The fourth-order valence-corrected chi connectivity index (χ4v) is 6.79. The number of amides is 4. The van der Waals surface area contributed by atoms with E-state index in [-0.39, 0.29) is 37.6 Å². The zero-order chi connectivity index (χ0) is 35.4. The van der Waals surface area contributed by atoms with Crippen molar-refractivity contribution < 1.29 is 33.8 Å². The molecule has 3 N–H and O–H groups in total. The first-order valence-electron chi connectivity index (χ1n) is 16.6. The van der Waals surface area contributed by atoms with E-state index in [1.807, 2.05) is 85.2 Å². The van der Waals surface area contributed by atoms with Crippen LogP contribution in [0, 0.1) is 12.3 Å². The number of thiazole rings is 1. The quantitative estimate of drug-likeness (QED) is 0.356. The number of hydrogen-bond acceptors (Lipinski definition) is 9. The summed E-state index contributed by atoms with van der Waals surface area (Å²) < 4.78 is 11.4. The van der Waals surface area contributed by atoms with Crippen LogP contribution in [0.1, 0.15) is 85.0 Å². The molecule has 0 aliphatic carbocycles. The lowest BCUT2D eigenvalue weighted by molar-refractivity contribution is -0.145. The number of aliphatic hydroxyl groups excluding tert-OH is 1. The fraction of sp³-hybridized carbons (Fsp3) is 0.629. The standard InChI is InChI=1S/C35H51N5O7S/c1-21(23-11-13-24(14-12-23)29-22(2)36-20-48-29)37-31(43)27-16-25(41)17-40(27)32(44)30(34(3,4)5)38-28(42)19-46-26-10-9-15-39(18-26)33(45)47-35(6,7)8/h11-14,20-21,25-27,30,41H,9-10,15-19H2,1-8H3,(H,37,43)(H,38,42)/t21?,25-,26?,27+,30?/m1/s1. The molecule has 2 saturated heterocycles. The van der Waals surface area contributed by atoms with E-state index in [9.17, 15) is 24.3 Å². The first-order valence-corrected chi connectivity index (χ1v) is 17.5. The van der Waals surface area contributed by atoms with E-state index >= 15 is 0 Å². The summed E-state index contributed by atoms with van der Waals surface area (Å²) in [6.07, 6.45) is -0.146. The van der Waals surface area contributed by atoms with Gasteiger partial charge in [-0.2, -0.15) is 0 Å². The van der Waals surface area contributed by atoms with E-state index < -0.39 is 47.1 Å². The minimum absolute atomic E-state index is 0.0181. The average molecular weight is 686 g/mol. The van der Waals surface area contributed by atoms with E-state index in [1.165, 1.54) is 4.90 Å². The summed E-state index contributed by atoms with van der Waals surface area (Å²) in [6.45, 7) is 15.3. The van der Waals surface area contributed by atoms with E-state index in [0.717, 1.165) is 21.7 Å². The summed E-state index contributed by atoms with van der Waals surface area (Å²) in [7, 11) is 0. The molecule has 4 amide bonds. The number of ether oxygens (including phenoxy) is 2. The Kier molecular flexibility index (Phi) is 11.9. The maximum absolute atomic E-state index is 14.0. The number of nitrogens with one attached hydrogen (secondary N) is 2. The topological polar surface area (TPSA) is 150 Å². The molecule has 3 heterocycles. The number of aliphatic hydroxyl groups is 1. The van der Waals surface area contributed by atoms with Crippen molar-refractivity contribution in [2.75, 3.05) is 26.2 Å². The largest absolute Gasteiger partial charge is 0.444 e. The average Bonchev–Trinajstić information content (AvgIpc) is 3.62. The molecule has 264 valence electrons. The van der Waals surface area contributed by atoms with Crippen LogP contribution < -0.4 is 10.6 Å². The third-order valence-electron chi connectivity index (χ3n) is 8.54. The molecule has 2 aromatic rings. The number of carbonyl (C=O) groups is 4. The molecule has 3 unspecified atom stereocenters. The number of carbonyl (C=O) groups excluding carboxylic acids is 4. The molecule has 5 atom stereocenters. The zero-order valence-electron chi connectivity index (χ0n) is 29.4. The van der Waals surface area contributed by atoms with Gasteiger partial charge >= 0.3 is 6.09 Å². The Hall–Kier alpha value is -3.55. The van der Waals surface area contributed by atoms with Crippen LogP contribution in [-0.4, -0.2) is 99.8 Å². The van der Waals surface area contributed by atoms with Crippen molar-refractivity contribution in [1.29, 1.82) is 0 Å². The molecule has 1 aromatic heterocycles. The Morgan fingerprint density at radius 2 is 1.75 bits per heavy atom. The molecule has 0 saturated carbocycles. The molecule has 2 fully saturated rings. The van der Waals surface area contributed by atoms with Gasteiger partial charge in [0.05, 0.1) is 40.9 Å². The first kappa shape index (κ1) is 37.3. The second kappa shape index (κ2) is 15.3. The van der Waals surface area contributed by atoms with E-state index in [1.54, 1.807) is 16.2 Å². The van der Waals surface area contributed by atoms with Crippen LogP contribution in [0.15, 0.2) is 29.8 Å². The minimum Gasteiger partial charge on any atom is -0.444 e. The molecule has 0 spiro atoms. The number of hydrogen-bond donors (Lipinski definition) is 3. The number of rotatable bonds is 9. The molecule has 2 aliphatic rings. The van der Waals surface area contributed by atoms with Gasteiger partial charge in [0.15, 0.2) is 0 Å². The van der Waals surface area contributed by atoms with Crippen LogP contribution in [0.4, 0.5) is 4.79 Å². The number of β-amino-alcohol motifs (C(OH)–C–C–N with tert-alkyl or cyclic N) is 1. The van der Waals surface area contributed by atoms with Crippen LogP contribution in [0.5, 0.6) is 0 Å². The van der Waals surface area contributed by atoms with E-state index in [0.29, 0.717) is 25.9 Å². The lowest BCUT2D eigenvalue weighted by Crippen LogP contribution is -2.58. The van der Waals surface area contributed by atoms with Crippen LogP contribution in [0.2, 0.25) is 0 Å². The molecular weight excluding hydrogens is 634 g/mol. The van der Waals surface area contributed by atoms with E-state index in [4.69, 9.17) is 9.47 Å². The van der Waals surface area contributed by atoms with Gasteiger partial charge in [-0.25, -0.2) is 9.78 Å². The second-order valence-corrected chi connectivity index (χ2v) is 15.7. The predicted molar refractivity (Wildman–Crippen MR) is 183 cm³/mol. The van der Waals surface area contributed by atoms with Crippen LogP contribution >= 0.6 is 11.3 Å². The van der Waals surface area contributed by atoms with Crippen molar-refractivity contribution in [2.24, 2.45) is 5.41 Å². The lowest BCUT2D eigenvalue weighted by Gasteiger charge is -2.36. The summed E-state index contributed by atoms with van der Waals surface area (Å²) >= 11 is 1.57. The summed E-state index contributed by atoms with van der Waals surface area (Å²) in [4.78, 5) is 61.5. The zero-order valence-corrected chi connectivity index (χ0v) is 30.2. The lowest BCUT2D eigenvalue weighted by atomic mass is 9.85. The van der Waals surface area contributed by atoms with E-state index in [2.05, 4.69) is 15.6 Å². The highest BCUT2D eigenvalue weighted by Gasteiger charge is 2.44. The normalized spacial score (nSPS) is 21.4. The predicted octanol–water partition coefficient (Wildman–Crippen LogP) is 4.20. The highest BCUT2D eigenvalue weighted by atomic mass is 32.1. The molecule has 0 radical (unpaired) electrons. The van der Waals surface area contributed by atoms with Gasteiger partial charge in [0.1, 0.15) is 24.3 Å². The molecule has 0 bridgehead atoms. The van der Waals surface area contributed by atoms with Gasteiger partial charge in [-0.15, -0.1) is 11.3 Å². The molecule has 13 heteroatoms. The second-order valence-electron chi connectivity index (χ2n) is 14.9. The van der Waals surface area contributed by atoms with Gasteiger partial charge in [-0.1, -0.05) is 45.0 Å². The highest BCUT2D eigenvalue weighted by molar-refractivity contribution is 7.13. The smallest absolute Gasteiger partial charge is 0.410 e. The minimum atomic E-state index is -0.973. The molecule has 12 nitrogen and oxygen atoms in total. The van der Waals surface area contributed by atoms with Crippen molar-refractivity contribution in [3.8, 4) is 10.4 Å². The maximum Gasteiger partial charge on any atom is 0.410 e. The Balaban J connectivity index is 1.36. The van der Waals surface area contributed by atoms with Gasteiger partial charge in [0.25, 0.3) is 0 Å². The molecule has 48 heavy (non-hydrogen) atoms. The first-order chi connectivity index (χ1) is 22.4. The number of piperidine rings is 1. The number of benzene rings is 1. The van der Waals surface area contributed by atoms with Gasteiger partial charge < -0.3 is 35.0 Å². The fourth-order valence-electron chi connectivity index (χ4n) is 5.98. The van der Waals surface area contributed by atoms with Gasteiger partial charge in [0.2, 0.25) is 17.7 Å². The van der Waals surface area contributed by atoms with Crippen molar-refractivity contribution in [1.82, 2.24) is 25.4 Å². The van der Waals surface area contributed by atoms with Crippen molar-refractivity contribution in [3.63, 3.8) is 0 Å². The Morgan fingerprint density at radius 3 is 2.35 bits per heavy atom. The summed E-state index contributed by atoms with van der Waals surface area (Å²) in [6, 6.07) is 5.71. The Morgan fingerprint density at radius 1 is 1.06 bits per heavy atom. The number of aromatic nitrogens is 1. The van der Waals surface area contributed by atoms with Crippen LogP contribution in [-0.2, 0) is 23.9 Å². The van der Waals surface area contributed by atoms with Gasteiger partial charge in [0, 0.05) is 19.5 Å². The number of aryl methyl sites for hydroxylation is 1. The Bertz CT molecular complexity index is 1450. The SMILES string of the molecule is Cc1ncsc1-c1ccc(C(C)NC(=O)[C@@H]2C[C@@H](O)CN2C(=O)C(NC(=O)COC2CCCN(C(=O)OC(C)(C)C)C2)C(C)(C)C)cc1. The highest BCUT2D eigenvalue weighted by Crippen LogP contribution is 2.29. The summed E-state index contributed by atoms with van der Waals surface area (Å²) in [5, 5.41) is 16.4. The monoisotopic (exact) mass is 685 g/mol. The maximum atomic E-state index is 14.0. The third-order valence-corrected chi connectivity index (χ3v) is 9.52. The summed E-state index contributed by atoms with van der Waals surface area (Å²) in [5.74, 6) is -1.30. The molecular formula is C35H51N5O7S. The van der Waals surface area contributed by atoms with Crippen LogP contribution in [0.3, 0.4) is 0 Å². The molecule has 4 rings (SSSR count). The number of nitrogens with zero attached hydrogens (tertiary/aromatic N) is 3. The van der Waals surface area contributed by atoms with Crippen molar-refractivity contribution in [2.45, 2.75) is 111 Å². The van der Waals surface area contributed by atoms with Crippen molar-refractivity contribution in [3.05, 3.63) is 41.0 Å². The number of likely N-dealkylation sites (tertiary alicyclic amines) is 2. The molecule has 2 aliphatic heterocycles. The Labute approximate surface area is 287 Å². The van der Waals surface area contributed by atoms with Gasteiger partial charge in [-0.3, -0.25) is 14.4 Å². The summed E-state index contributed by atoms with van der Waals surface area (Å²) in [5.41, 5.74) is 3.41.